The van der Waals surface area contributed by atoms with Gasteiger partial charge in [0.25, 0.3) is 0 Å². The minimum atomic E-state index is -0.0430. The van der Waals surface area contributed by atoms with Crippen LogP contribution in [0.1, 0.15) is 31.2 Å². The van der Waals surface area contributed by atoms with Crippen molar-refractivity contribution >= 4 is 6.03 Å². The van der Waals surface area contributed by atoms with Gasteiger partial charge in [-0.3, -0.25) is 0 Å². The zero-order chi connectivity index (χ0) is 14.4. The fraction of sp³-hybridized carbons (Fsp3) is 0.533. The van der Waals surface area contributed by atoms with Crippen LogP contribution in [0.15, 0.2) is 24.3 Å². The summed E-state index contributed by atoms with van der Waals surface area (Å²) >= 11 is 0. The van der Waals surface area contributed by atoms with E-state index in [9.17, 15) is 9.90 Å². The van der Waals surface area contributed by atoms with Gasteiger partial charge in [0, 0.05) is 25.7 Å². The number of hydrogen-bond donors (Lipinski definition) is 3. The minimum absolute atomic E-state index is 0.0430. The summed E-state index contributed by atoms with van der Waals surface area (Å²) in [7, 11) is 0. The molecule has 0 atom stereocenters. The van der Waals surface area contributed by atoms with E-state index in [-0.39, 0.29) is 18.4 Å². The number of aliphatic hydroxyl groups excluding tert-OH is 1. The first-order valence-electron chi connectivity index (χ1n) is 7.14. The van der Waals surface area contributed by atoms with Gasteiger partial charge in [0.15, 0.2) is 0 Å². The number of carbonyl (C=O) groups excluding carboxylic acids is 1. The smallest absolute Gasteiger partial charge is 0.317 e. The van der Waals surface area contributed by atoms with E-state index in [1.54, 1.807) is 24.3 Å². The molecule has 1 aliphatic carbocycles. The number of nitrogens with zero attached hydrogens (tertiary/aromatic N) is 1. The molecular weight excluding hydrogens is 256 g/mol. The summed E-state index contributed by atoms with van der Waals surface area (Å²) in [4.78, 5) is 14.0. The number of aliphatic hydroxyl groups is 1. The number of rotatable bonds is 7. The lowest BCUT2D eigenvalue weighted by atomic mass is 10.2. The van der Waals surface area contributed by atoms with Crippen LogP contribution in [0.2, 0.25) is 0 Å². The largest absolute Gasteiger partial charge is 0.508 e. The van der Waals surface area contributed by atoms with Crippen LogP contribution >= 0.6 is 0 Å². The Morgan fingerprint density at radius 1 is 1.25 bits per heavy atom. The monoisotopic (exact) mass is 278 g/mol. The van der Waals surface area contributed by atoms with Crippen LogP contribution in [-0.4, -0.2) is 40.3 Å². The normalized spacial score (nSPS) is 14.1. The number of benzene rings is 1. The maximum absolute atomic E-state index is 12.2. The summed E-state index contributed by atoms with van der Waals surface area (Å²) in [6.45, 7) is 1.34. The van der Waals surface area contributed by atoms with Crippen LogP contribution < -0.4 is 5.32 Å². The molecule has 0 bridgehead atoms. The Bertz CT molecular complexity index is 429. The van der Waals surface area contributed by atoms with E-state index in [1.165, 1.54) is 0 Å². The molecule has 0 heterocycles. The number of aromatic hydroxyl groups is 1. The number of hydrogen-bond acceptors (Lipinski definition) is 3. The van der Waals surface area contributed by atoms with Crippen molar-refractivity contribution in [3.63, 3.8) is 0 Å². The average molecular weight is 278 g/mol. The molecule has 1 aromatic carbocycles. The van der Waals surface area contributed by atoms with Gasteiger partial charge in [0.1, 0.15) is 5.75 Å². The third-order valence-corrected chi connectivity index (χ3v) is 3.44. The van der Waals surface area contributed by atoms with E-state index < -0.39 is 0 Å². The number of amides is 2. The zero-order valence-corrected chi connectivity index (χ0v) is 11.6. The van der Waals surface area contributed by atoms with E-state index in [2.05, 4.69) is 5.32 Å². The van der Waals surface area contributed by atoms with E-state index in [0.29, 0.717) is 19.1 Å². The lowest BCUT2D eigenvalue weighted by Crippen LogP contribution is -2.41. The molecule has 0 aromatic heterocycles. The number of unbranched alkanes of at least 4 members (excludes halogenated alkanes) is 1. The van der Waals surface area contributed by atoms with Gasteiger partial charge in [0.05, 0.1) is 0 Å². The molecule has 3 N–H and O–H groups in total. The molecule has 0 radical (unpaired) electrons. The van der Waals surface area contributed by atoms with Crippen molar-refractivity contribution in [1.82, 2.24) is 10.2 Å². The predicted molar refractivity (Wildman–Crippen MR) is 76.4 cm³/mol. The predicted octanol–water partition coefficient (Wildman–Crippen LogP) is 1.84. The highest BCUT2D eigenvalue weighted by Crippen LogP contribution is 2.27. The lowest BCUT2D eigenvalue weighted by Gasteiger charge is -2.22. The standard InChI is InChI=1S/C15H22N2O3/c18-10-2-1-9-17(13-5-6-13)15(20)16-11-12-3-7-14(19)8-4-12/h3-4,7-8,13,18-19H,1-2,5-6,9-11H2,(H,16,20). The van der Waals surface area contributed by atoms with Crippen molar-refractivity contribution in [2.45, 2.75) is 38.3 Å². The average Bonchev–Trinajstić information content (AvgIpc) is 3.27. The van der Waals surface area contributed by atoms with Gasteiger partial charge in [-0.15, -0.1) is 0 Å². The summed E-state index contributed by atoms with van der Waals surface area (Å²) in [5.74, 6) is 0.226. The lowest BCUT2D eigenvalue weighted by molar-refractivity contribution is 0.190. The van der Waals surface area contributed by atoms with Crippen LogP contribution in [0, 0.1) is 0 Å². The van der Waals surface area contributed by atoms with Crippen molar-refractivity contribution in [1.29, 1.82) is 0 Å². The molecule has 0 aliphatic heterocycles. The number of phenols is 1. The van der Waals surface area contributed by atoms with Gasteiger partial charge in [-0.25, -0.2) is 4.79 Å². The minimum Gasteiger partial charge on any atom is -0.508 e. The Hall–Kier alpha value is -1.75. The van der Waals surface area contributed by atoms with Crippen molar-refractivity contribution in [2.24, 2.45) is 0 Å². The Labute approximate surface area is 119 Å². The van der Waals surface area contributed by atoms with Crippen molar-refractivity contribution < 1.29 is 15.0 Å². The Morgan fingerprint density at radius 2 is 1.95 bits per heavy atom. The van der Waals surface area contributed by atoms with Crippen molar-refractivity contribution in [2.75, 3.05) is 13.2 Å². The fourth-order valence-electron chi connectivity index (χ4n) is 2.12. The quantitative estimate of drug-likeness (QED) is 0.666. The molecule has 0 saturated heterocycles. The second-order valence-electron chi connectivity index (χ2n) is 5.18. The van der Waals surface area contributed by atoms with E-state index in [4.69, 9.17) is 5.11 Å². The molecule has 110 valence electrons. The maximum Gasteiger partial charge on any atom is 0.317 e. The summed E-state index contributed by atoms with van der Waals surface area (Å²) < 4.78 is 0. The summed E-state index contributed by atoms with van der Waals surface area (Å²) in [6, 6.07) is 7.14. The molecule has 1 aliphatic rings. The molecule has 2 rings (SSSR count). The number of phenolic OH excluding ortho intramolecular Hbond substituents is 1. The third kappa shape index (κ3) is 4.42. The summed E-state index contributed by atoms with van der Waals surface area (Å²) in [5, 5.41) is 20.9. The van der Waals surface area contributed by atoms with Crippen LogP contribution in [0.3, 0.4) is 0 Å². The topological polar surface area (TPSA) is 72.8 Å². The van der Waals surface area contributed by atoms with Crippen LogP contribution in [0.5, 0.6) is 5.75 Å². The molecule has 1 aromatic rings. The van der Waals surface area contributed by atoms with Gasteiger partial charge < -0.3 is 20.4 Å². The van der Waals surface area contributed by atoms with Crippen molar-refractivity contribution in [3.05, 3.63) is 29.8 Å². The Balaban J connectivity index is 1.80. The van der Waals surface area contributed by atoms with E-state index >= 15 is 0 Å². The molecule has 1 fully saturated rings. The molecule has 5 nitrogen and oxygen atoms in total. The Morgan fingerprint density at radius 3 is 2.55 bits per heavy atom. The maximum atomic E-state index is 12.2. The van der Waals surface area contributed by atoms with Crippen LogP contribution in [0.25, 0.3) is 0 Å². The molecule has 1 saturated carbocycles. The fourth-order valence-corrected chi connectivity index (χ4v) is 2.12. The number of nitrogens with one attached hydrogen (secondary N) is 1. The number of carbonyl (C=O) groups is 1. The second kappa shape index (κ2) is 7.14. The van der Waals surface area contributed by atoms with Gasteiger partial charge in [-0.1, -0.05) is 12.1 Å². The zero-order valence-electron chi connectivity index (χ0n) is 11.6. The highest BCUT2D eigenvalue weighted by atomic mass is 16.3. The molecule has 2 amide bonds. The molecule has 0 unspecified atom stereocenters. The van der Waals surface area contributed by atoms with Gasteiger partial charge in [-0.2, -0.15) is 0 Å². The van der Waals surface area contributed by atoms with Gasteiger partial charge in [-0.05, 0) is 43.4 Å². The summed E-state index contributed by atoms with van der Waals surface area (Å²) in [6.07, 6.45) is 3.71. The van der Waals surface area contributed by atoms with E-state index in [1.807, 2.05) is 4.90 Å². The summed E-state index contributed by atoms with van der Waals surface area (Å²) in [5.41, 5.74) is 0.960. The molecular formula is C15H22N2O3. The van der Waals surface area contributed by atoms with Crippen molar-refractivity contribution in [3.8, 4) is 5.75 Å². The Kier molecular flexibility index (Phi) is 5.24. The van der Waals surface area contributed by atoms with E-state index in [0.717, 1.165) is 31.2 Å². The molecule has 20 heavy (non-hydrogen) atoms. The number of urea groups is 1. The van der Waals surface area contributed by atoms with Gasteiger partial charge in [0.2, 0.25) is 0 Å². The SMILES string of the molecule is O=C(NCc1ccc(O)cc1)N(CCCCO)C1CC1. The highest BCUT2D eigenvalue weighted by Gasteiger charge is 2.31. The molecule has 0 spiro atoms. The second-order valence-corrected chi connectivity index (χ2v) is 5.18. The first kappa shape index (κ1) is 14.7. The van der Waals surface area contributed by atoms with Crippen LogP contribution in [-0.2, 0) is 6.54 Å². The van der Waals surface area contributed by atoms with Crippen LogP contribution in [0.4, 0.5) is 4.79 Å². The first-order valence-corrected chi connectivity index (χ1v) is 7.14. The first-order chi connectivity index (χ1) is 9.70. The van der Waals surface area contributed by atoms with Gasteiger partial charge >= 0.3 is 6.03 Å². The highest BCUT2D eigenvalue weighted by molar-refractivity contribution is 5.74. The molecule has 5 heteroatoms. The third-order valence-electron chi connectivity index (χ3n) is 3.44.